The molecule has 3 aromatic carbocycles. The van der Waals surface area contributed by atoms with Crippen molar-refractivity contribution in [3.8, 4) is 5.75 Å². The van der Waals surface area contributed by atoms with E-state index < -0.39 is 11.3 Å². The molecule has 0 saturated carbocycles. The monoisotopic (exact) mass is 781 g/mol. The van der Waals surface area contributed by atoms with Gasteiger partial charge in [-0.2, -0.15) is 0 Å². The Morgan fingerprint density at radius 3 is 2.31 bits per heavy atom. The van der Waals surface area contributed by atoms with Gasteiger partial charge in [-0.3, -0.25) is 19.2 Å². The molecule has 3 aromatic rings. The zero-order chi connectivity index (χ0) is 34.4. The highest BCUT2D eigenvalue weighted by molar-refractivity contribution is 9.10. The van der Waals surface area contributed by atoms with Crippen LogP contribution in [0.15, 0.2) is 75.7 Å². The van der Waals surface area contributed by atoms with Crippen LogP contribution < -0.4 is 15.4 Å². The number of nitrogens with one attached hydrogen (secondary N) is 2. The highest BCUT2D eigenvalue weighted by Gasteiger charge is 2.49. The minimum atomic E-state index is -1.08. The van der Waals surface area contributed by atoms with Gasteiger partial charge in [-0.15, -0.1) is 0 Å². The Bertz CT molecular complexity index is 1650. The lowest BCUT2D eigenvalue weighted by Gasteiger charge is -2.43. The first-order chi connectivity index (χ1) is 23.0. The summed E-state index contributed by atoms with van der Waals surface area (Å²) < 4.78 is 12.3. The third-order valence-corrected chi connectivity index (χ3v) is 10.2. The van der Waals surface area contributed by atoms with Crippen LogP contribution >= 0.6 is 31.9 Å². The van der Waals surface area contributed by atoms with Crippen molar-refractivity contribution >= 4 is 55.6 Å². The molecule has 5 rings (SSSR count). The number of rotatable bonds is 10. The fourth-order valence-electron chi connectivity index (χ4n) is 6.82. The van der Waals surface area contributed by atoms with Gasteiger partial charge in [-0.05, 0) is 92.6 Å². The number of ether oxygens (including phenoxy) is 2. The van der Waals surface area contributed by atoms with Crippen molar-refractivity contribution in [3.05, 3.63) is 97.9 Å². The molecule has 0 aromatic heterocycles. The van der Waals surface area contributed by atoms with Crippen molar-refractivity contribution in [2.45, 2.75) is 69.4 Å². The van der Waals surface area contributed by atoms with E-state index in [1.165, 1.54) is 0 Å². The summed E-state index contributed by atoms with van der Waals surface area (Å²) in [6.45, 7) is 4.75. The van der Waals surface area contributed by atoms with Gasteiger partial charge < -0.3 is 25.0 Å². The van der Waals surface area contributed by atoms with Crippen LogP contribution in [0.25, 0.3) is 0 Å². The lowest BCUT2D eigenvalue weighted by molar-refractivity contribution is -0.147. The number of esters is 1. The molecule has 1 fully saturated rings. The maximum Gasteiger partial charge on any atom is 0.307 e. The Morgan fingerprint density at radius 2 is 1.62 bits per heavy atom. The largest absolute Gasteiger partial charge is 0.496 e. The second-order valence-corrected chi connectivity index (χ2v) is 14.4. The lowest BCUT2D eigenvalue weighted by Crippen LogP contribution is -2.51. The standard InChI is InChI=1S/C37H41Br2N3O6/c1-23(2)48-33(43)15-19-40-36(46)37(24-8-10-25(38)11-9-24)18-14-29(28-13-12-26(39)22-31(28)37)35(45)42-20-16-27(17-21-42)41-34(44)30-6-4-5-7-32(30)47-3/h4-13,22-23,27,29H,14-21H2,1-3H3,(H,40,46)(H,41,44)/t29-,37-/m0/s1. The number of para-hydroxylation sites is 1. The number of piperidine rings is 1. The number of nitrogens with zero attached hydrogens (tertiary/aromatic N) is 1. The van der Waals surface area contributed by atoms with Gasteiger partial charge in [0.05, 0.1) is 36.5 Å². The zero-order valence-electron chi connectivity index (χ0n) is 27.4. The predicted octanol–water partition coefficient (Wildman–Crippen LogP) is 6.26. The molecule has 11 heteroatoms. The second kappa shape index (κ2) is 15.7. The van der Waals surface area contributed by atoms with Crippen molar-refractivity contribution in [1.82, 2.24) is 15.5 Å². The molecule has 1 aliphatic carbocycles. The minimum absolute atomic E-state index is 0.0225. The number of methoxy groups -OCH3 is 1. The average molecular weight is 784 g/mol. The van der Waals surface area contributed by atoms with Gasteiger partial charge in [0, 0.05) is 34.6 Å². The van der Waals surface area contributed by atoms with E-state index in [1.54, 1.807) is 39.2 Å². The van der Waals surface area contributed by atoms with E-state index in [1.807, 2.05) is 53.4 Å². The molecule has 48 heavy (non-hydrogen) atoms. The first kappa shape index (κ1) is 35.6. The van der Waals surface area contributed by atoms with Crippen LogP contribution in [0.2, 0.25) is 0 Å². The maximum atomic E-state index is 14.3. The van der Waals surface area contributed by atoms with Crippen LogP contribution in [0, 0.1) is 0 Å². The number of amides is 3. The van der Waals surface area contributed by atoms with Gasteiger partial charge in [0.15, 0.2) is 0 Å². The van der Waals surface area contributed by atoms with Crippen molar-refractivity contribution in [2.75, 3.05) is 26.7 Å². The van der Waals surface area contributed by atoms with Crippen LogP contribution in [0.4, 0.5) is 0 Å². The van der Waals surface area contributed by atoms with Gasteiger partial charge in [0.1, 0.15) is 5.75 Å². The van der Waals surface area contributed by atoms with E-state index in [0.29, 0.717) is 50.1 Å². The number of fused-ring (bicyclic) bond motifs is 1. The Morgan fingerprint density at radius 1 is 0.938 bits per heavy atom. The first-order valence-corrected chi connectivity index (χ1v) is 17.9. The molecule has 0 spiro atoms. The average Bonchev–Trinajstić information content (AvgIpc) is 3.07. The molecule has 3 amide bonds. The van der Waals surface area contributed by atoms with Gasteiger partial charge in [0.2, 0.25) is 11.8 Å². The molecule has 2 N–H and O–H groups in total. The molecule has 1 heterocycles. The van der Waals surface area contributed by atoms with Gasteiger partial charge in [-0.25, -0.2) is 0 Å². The minimum Gasteiger partial charge on any atom is -0.496 e. The highest BCUT2D eigenvalue weighted by atomic mass is 79.9. The number of hydrogen-bond donors (Lipinski definition) is 2. The van der Waals surface area contributed by atoms with Gasteiger partial charge >= 0.3 is 5.97 Å². The smallest absolute Gasteiger partial charge is 0.307 e. The third-order valence-electron chi connectivity index (χ3n) is 9.16. The summed E-state index contributed by atoms with van der Waals surface area (Å²) >= 11 is 7.13. The number of benzene rings is 3. The van der Waals surface area contributed by atoms with Gasteiger partial charge in [0.25, 0.3) is 5.91 Å². The van der Waals surface area contributed by atoms with E-state index >= 15 is 0 Å². The van der Waals surface area contributed by atoms with E-state index in [0.717, 1.165) is 25.6 Å². The number of carbonyl (C=O) groups is 4. The Labute approximate surface area is 298 Å². The summed E-state index contributed by atoms with van der Waals surface area (Å²) in [6.07, 6.45) is 1.97. The summed E-state index contributed by atoms with van der Waals surface area (Å²) in [5.41, 5.74) is 1.80. The van der Waals surface area contributed by atoms with Crippen LogP contribution in [-0.2, 0) is 24.5 Å². The van der Waals surface area contributed by atoms with Crippen molar-refractivity contribution in [2.24, 2.45) is 0 Å². The molecule has 9 nitrogen and oxygen atoms in total. The zero-order valence-corrected chi connectivity index (χ0v) is 30.6. The van der Waals surface area contributed by atoms with E-state index in [-0.39, 0.29) is 48.8 Å². The van der Waals surface area contributed by atoms with Crippen LogP contribution in [0.1, 0.15) is 78.9 Å². The number of carbonyl (C=O) groups excluding carboxylic acids is 4. The van der Waals surface area contributed by atoms with Crippen LogP contribution in [0.3, 0.4) is 0 Å². The Balaban J connectivity index is 1.35. The molecule has 0 bridgehead atoms. The molecule has 0 radical (unpaired) electrons. The fraction of sp³-hybridized carbons (Fsp3) is 0.405. The van der Waals surface area contributed by atoms with Crippen molar-refractivity contribution < 1.29 is 28.7 Å². The summed E-state index contributed by atoms with van der Waals surface area (Å²) in [5, 5.41) is 6.12. The fourth-order valence-corrected chi connectivity index (χ4v) is 7.45. The normalized spacial score (nSPS) is 19.3. The SMILES string of the molecule is COc1ccccc1C(=O)NC1CCN(C(=O)[C@H]2CC[C@](C(=O)NCCC(=O)OC(C)C)(c3ccc(Br)cc3)c3cc(Br)ccc32)CC1. The summed E-state index contributed by atoms with van der Waals surface area (Å²) in [4.78, 5) is 55.6. The molecular weight excluding hydrogens is 742 g/mol. The molecule has 2 aliphatic rings. The van der Waals surface area contributed by atoms with Gasteiger partial charge in [-0.1, -0.05) is 62.2 Å². The summed E-state index contributed by atoms with van der Waals surface area (Å²) in [6, 6.07) is 20.6. The second-order valence-electron chi connectivity index (χ2n) is 12.6. The lowest BCUT2D eigenvalue weighted by atomic mass is 9.62. The van der Waals surface area contributed by atoms with E-state index in [9.17, 15) is 19.2 Å². The molecule has 1 aliphatic heterocycles. The predicted molar refractivity (Wildman–Crippen MR) is 190 cm³/mol. The summed E-state index contributed by atoms with van der Waals surface area (Å²) in [5.74, 6) is -0.669. The molecule has 2 atom stereocenters. The molecule has 1 saturated heterocycles. The molecule has 0 unspecified atom stereocenters. The van der Waals surface area contributed by atoms with Crippen molar-refractivity contribution in [1.29, 1.82) is 0 Å². The Hall–Kier alpha value is -3.70. The van der Waals surface area contributed by atoms with Crippen LogP contribution in [-0.4, -0.2) is 67.5 Å². The third kappa shape index (κ3) is 7.78. The number of halogens is 2. The van der Waals surface area contributed by atoms with E-state index in [4.69, 9.17) is 9.47 Å². The molecule has 254 valence electrons. The van der Waals surface area contributed by atoms with E-state index in [2.05, 4.69) is 42.5 Å². The number of likely N-dealkylation sites (tertiary alicyclic amines) is 1. The first-order valence-electron chi connectivity index (χ1n) is 16.3. The molecular formula is C37H41Br2N3O6. The Kier molecular flexibility index (Phi) is 11.6. The van der Waals surface area contributed by atoms with Crippen molar-refractivity contribution in [3.63, 3.8) is 0 Å². The highest BCUT2D eigenvalue weighted by Crippen LogP contribution is 2.49. The number of hydrogen-bond acceptors (Lipinski definition) is 6. The van der Waals surface area contributed by atoms with Crippen LogP contribution in [0.5, 0.6) is 5.75 Å². The maximum absolute atomic E-state index is 14.3. The summed E-state index contributed by atoms with van der Waals surface area (Å²) in [7, 11) is 1.54. The quantitative estimate of drug-likeness (QED) is 0.235. The topological polar surface area (TPSA) is 114 Å².